The second-order valence-corrected chi connectivity index (χ2v) is 5.62. The van der Waals surface area contributed by atoms with Crippen LogP contribution >= 0.6 is 0 Å². The molecule has 140 valence electrons. The molecular formula is C21H25FO4. The highest BCUT2D eigenvalue weighted by atomic mass is 19.1. The van der Waals surface area contributed by atoms with Gasteiger partial charge >= 0.3 is 5.97 Å². The SMILES string of the molecule is CC.COC(=O)C1C=C(F)C2=C(CC1)C(c1ccccc1OC)=CCO2. The minimum atomic E-state index is -0.608. The van der Waals surface area contributed by atoms with Gasteiger partial charge in [0.2, 0.25) is 0 Å². The Morgan fingerprint density at radius 2 is 1.96 bits per heavy atom. The van der Waals surface area contributed by atoms with Crippen LogP contribution in [0.4, 0.5) is 4.39 Å². The Kier molecular flexibility index (Phi) is 7.01. The molecule has 0 saturated heterocycles. The summed E-state index contributed by atoms with van der Waals surface area (Å²) in [5.41, 5.74) is 2.54. The van der Waals surface area contributed by atoms with Gasteiger partial charge in [0.25, 0.3) is 0 Å². The van der Waals surface area contributed by atoms with E-state index in [1.807, 2.05) is 44.2 Å². The molecule has 0 amide bonds. The molecule has 1 unspecified atom stereocenters. The van der Waals surface area contributed by atoms with Crippen LogP contribution in [0.3, 0.4) is 0 Å². The fourth-order valence-electron chi connectivity index (χ4n) is 3.11. The molecule has 1 atom stereocenters. The van der Waals surface area contributed by atoms with E-state index in [4.69, 9.17) is 14.2 Å². The van der Waals surface area contributed by atoms with Crippen molar-refractivity contribution in [2.75, 3.05) is 20.8 Å². The molecule has 1 aromatic rings. The van der Waals surface area contributed by atoms with E-state index in [1.165, 1.54) is 13.2 Å². The first-order chi connectivity index (χ1) is 12.7. The second kappa shape index (κ2) is 9.22. The average molecular weight is 360 g/mol. The highest BCUT2D eigenvalue weighted by Gasteiger charge is 2.30. The molecule has 3 rings (SSSR count). The largest absolute Gasteiger partial charge is 0.496 e. The van der Waals surface area contributed by atoms with E-state index >= 15 is 0 Å². The van der Waals surface area contributed by atoms with Crippen LogP contribution in [0, 0.1) is 5.92 Å². The van der Waals surface area contributed by atoms with E-state index in [1.54, 1.807) is 7.11 Å². The molecule has 26 heavy (non-hydrogen) atoms. The van der Waals surface area contributed by atoms with Crippen molar-refractivity contribution in [3.63, 3.8) is 0 Å². The maximum absolute atomic E-state index is 14.6. The summed E-state index contributed by atoms with van der Waals surface area (Å²) in [6, 6.07) is 7.60. The lowest BCUT2D eigenvalue weighted by atomic mass is 9.90. The van der Waals surface area contributed by atoms with Crippen molar-refractivity contribution in [1.82, 2.24) is 0 Å². The Morgan fingerprint density at radius 1 is 1.23 bits per heavy atom. The third-order valence-electron chi connectivity index (χ3n) is 4.29. The van der Waals surface area contributed by atoms with Gasteiger partial charge in [0.1, 0.15) is 12.4 Å². The molecule has 0 N–H and O–H groups in total. The fraction of sp³-hybridized carbons (Fsp3) is 0.381. The van der Waals surface area contributed by atoms with Crippen LogP contribution in [0.25, 0.3) is 5.57 Å². The number of hydrogen-bond donors (Lipinski definition) is 0. The lowest BCUT2D eigenvalue weighted by Gasteiger charge is -2.22. The lowest BCUT2D eigenvalue weighted by Crippen LogP contribution is -2.13. The zero-order chi connectivity index (χ0) is 19.1. The van der Waals surface area contributed by atoms with Crippen LogP contribution in [0.5, 0.6) is 5.75 Å². The van der Waals surface area contributed by atoms with Crippen LogP contribution in [-0.2, 0) is 14.3 Å². The molecule has 0 saturated carbocycles. The van der Waals surface area contributed by atoms with Crippen molar-refractivity contribution in [2.45, 2.75) is 26.7 Å². The highest BCUT2D eigenvalue weighted by Crippen LogP contribution is 2.41. The Bertz CT molecular complexity index is 746. The number of carbonyl (C=O) groups is 1. The number of rotatable bonds is 3. The number of ether oxygens (including phenoxy) is 3. The maximum Gasteiger partial charge on any atom is 0.312 e. The Hall–Kier alpha value is -2.56. The van der Waals surface area contributed by atoms with Crippen LogP contribution in [0.15, 0.2) is 53.6 Å². The van der Waals surface area contributed by atoms with Crippen molar-refractivity contribution >= 4 is 11.5 Å². The number of esters is 1. The quantitative estimate of drug-likeness (QED) is 0.725. The summed E-state index contributed by atoms with van der Waals surface area (Å²) in [7, 11) is 2.91. The van der Waals surface area contributed by atoms with Crippen molar-refractivity contribution in [1.29, 1.82) is 0 Å². The number of hydrogen-bond acceptors (Lipinski definition) is 4. The van der Waals surface area contributed by atoms with E-state index in [0.29, 0.717) is 12.8 Å². The summed E-state index contributed by atoms with van der Waals surface area (Å²) < 4.78 is 30.3. The summed E-state index contributed by atoms with van der Waals surface area (Å²) in [4.78, 5) is 11.8. The van der Waals surface area contributed by atoms with E-state index < -0.39 is 17.7 Å². The Balaban J connectivity index is 0.00000117. The van der Waals surface area contributed by atoms with Gasteiger partial charge in [0.15, 0.2) is 11.6 Å². The van der Waals surface area contributed by atoms with Gasteiger partial charge in [-0.05, 0) is 36.6 Å². The van der Waals surface area contributed by atoms with Gasteiger partial charge in [-0.1, -0.05) is 32.0 Å². The molecule has 5 heteroatoms. The summed E-state index contributed by atoms with van der Waals surface area (Å²) in [6.07, 6.45) is 4.19. The van der Waals surface area contributed by atoms with Gasteiger partial charge in [-0.3, -0.25) is 4.79 Å². The molecule has 0 radical (unpaired) electrons. The summed E-state index contributed by atoms with van der Waals surface area (Å²) in [5.74, 6) is -0.630. The number of carbonyl (C=O) groups excluding carboxylic acids is 1. The molecule has 1 aromatic carbocycles. The summed E-state index contributed by atoms with van der Waals surface area (Å²) >= 11 is 0. The topological polar surface area (TPSA) is 44.8 Å². The summed E-state index contributed by atoms with van der Waals surface area (Å²) in [5, 5.41) is 0. The molecular weight excluding hydrogens is 335 g/mol. The van der Waals surface area contributed by atoms with Gasteiger partial charge in [0.05, 0.1) is 20.1 Å². The van der Waals surface area contributed by atoms with Gasteiger partial charge < -0.3 is 14.2 Å². The van der Waals surface area contributed by atoms with Crippen molar-refractivity contribution in [3.8, 4) is 5.75 Å². The first kappa shape index (κ1) is 19.8. The highest BCUT2D eigenvalue weighted by molar-refractivity contribution is 5.85. The number of allylic oxidation sites excluding steroid dienone is 3. The monoisotopic (exact) mass is 360 g/mol. The first-order valence-electron chi connectivity index (χ1n) is 8.81. The molecule has 0 aromatic heterocycles. The molecule has 2 aliphatic rings. The van der Waals surface area contributed by atoms with Crippen LogP contribution in [0.1, 0.15) is 32.3 Å². The third-order valence-corrected chi connectivity index (χ3v) is 4.29. The standard InChI is InChI=1S/C19H19FO4.C2H6/c1-22-17-6-4-3-5-14(17)13-9-10-24-18-15(13)8-7-12(11-16(18)20)19(21)23-2;1-2/h3-6,9,11-12H,7-8,10H2,1-2H3;1-2H3. The van der Waals surface area contributed by atoms with Gasteiger partial charge in [0, 0.05) is 11.1 Å². The fourth-order valence-corrected chi connectivity index (χ4v) is 3.11. The predicted octanol–water partition coefficient (Wildman–Crippen LogP) is 4.83. The Labute approximate surface area is 153 Å². The zero-order valence-electron chi connectivity index (χ0n) is 15.7. The minimum Gasteiger partial charge on any atom is -0.496 e. The molecule has 0 spiro atoms. The molecule has 1 aliphatic heterocycles. The number of halogens is 1. The molecule has 4 nitrogen and oxygen atoms in total. The average Bonchev–Trinajstić information content (AvgIpc) is 2.88. The van der Waals surface area contributed by atoms with E-state index in [-0.39, 0.29) is 12.4 Å². The van der Waals surface area contributed by atoms with E-state index in [2.05, 4.69) is 0 Å². The lowest BCUT2D eigenvalue weighted by molar-refractivity contribution is -0.143. The van der Waals surface area contributed by atoms with Crippen LogP contribution < -0.4 is 4.74 Å². The smallest absolute Gasteiger partial charge is 0.312 e. The molecule has 1 heterocycles. The number of methoxy groups -OCH3 is 2. The van der Waals surface area contributed by atoms with Gasteiger partial charge in [-0.25, -0.2) is 4.39 Å². The second-order valence-electron chi connectivity index (χ2n) is 5.62. The first-order valence-corrected chi connectivity index (χ1v) is 8.81. The van der Waals surface area contributed by atoms with Crippen molar-refractivity contribution < 1.29 is 23.4 Å². The van der Waals surface area contributed by atoms with E-state index in [9.17, 15) is 9.18 Å². The predicted molar refractivity (Wildman–Crippen MR) is 99.2 cm³/mol. The van der Waals surface area contributed by atoms with Gasteiger partial charge in [-0.15, -0.1) is 0 Å². The number of para-hydroxylation sites is 1. The molecule has 1 aliphatic carbocycles. The maximum atomic E-state index is 14.6. The molecule has 0 fully saturated rings. The van der Waals surface area contributed by atoms with Crippen LogP contribution in [0.2, 0.25) is 0 Å². The third kappa shape index (κ3) is 3.98. The van der Waals surface area contributed by atoms with Crippen molar-refractivity contribution in [3.05, 3.63) is 59.1 Å². The minimum absolute atomic E-state index is 0.213. The molecule has 0 bridgehead atoms. The van der Waals surface area contributed by atoms with Gasteiger partial charge in [-0.2, -0.15) is 0 Å². The van der Waals surface area contributed by atoms with E-state index in [0.717, 1.165) is 22.5 Å². The Morgan fingerprint density at radius 3 is 2.65 bits per heavy atom. The normalized spacial score (nSPS) is 18.9. The number of benzene rings is 1. The summed E-state index contributed by atoms with van der Waals surface area (Å²) in [6.45, 7) is 4.27. The van der Waals surface area contributed by atoms with Crippen molar-refractivity contribution in [2.24, 2.45) is 5.92 Å². The zero-order valence-corrected chi connectivity index (χ0v) is 15.7. The van der Waals surface area contributed by atoms with Crippen LogP contribution in [-0.4, -0.2) is 26.8 Å².